The molecule has 0 fully saturated rings. The molecule has 3 rings (SSSR count). The lowest BCUT2D eigenvalue weighted by Crippen LogP contribution is -2.25. The number of halogens is 1. The minimum Gasteiger partial charge on any atom is -0.488 e. The summed E-state index contributed by atoms with van der Waals surface area (Å²) in [5.74, 6) is 0.213. The summed E-state index contributed by atoms with van der Waals surface area (Å²) in [6.45, 7) is 0.858. The summed E-state index contributed by atoms with van der Waals surface area (Å²) in [6.07, 6.45) is 3.23. The van der Waals surface area contributed by atoms with Gasteiger partial charge in [-0.1, -0.05) is 72.3 Å². The van der Waals surface area contributed by atoms with Crippen LogP contribution in [0.3, 0.4) is 0 Å². The van der Waals surface area contributed by atoms with Gasteiger partial charge < -0.3 is 10.1 Å². The van der Waals surface area contributed by atoms with Gasteiger partial charge in [0.2, 0.25) is 0 Å². The Morgan fingerprint density at radius 3 is 2.42 bits per heavy atom. The van der Waals surface area contributed by atoms with Crippen LogP contribution in [0.2, 0.25) is 5.02 Å². The predicted octanol–water partition coefficient (Wildman–Crippen LogP) is 5.57. The Bertz CT molecular complexity index is 1070. The third-order valence-electron chi connectivity index (χ3n) is 4.66. The highest BCUT2D eigenvalue weighted by atomic mass is 35.5. The number of nitrogens with zero attached hydrogens (tertiary/aromatic N) is 1. The van der Waals surface area contributed by atoms with E-state index in [1.165, 1.54) is 5.56 Å². The first-order valence-electron chi connectivity index (χ1n) is 10.1. The first-order chi connectivity index (χ1) is 15.2. The molecule has 0 radical (unpaired) electrons. The van der Waals surface area contributed by atoms with Crippen LogP contribution in [0.15, 0.2) is 84.4 Å². The van der Waals surface area contributed by atoms with E-state index in [4.69, 9.17) is 16.3 Å². The van der Waals surface area contributed by atoms with Crippen LogP contribution in [-0.2, 0) is 17.8 Å². The van der Waals surface area contributed by atoms with Gasteiger partial charge in [0.05, 0.1) is 0 Å². The molecule has 0 saturated carbocycles. The van der Waals surface area contributed by atoms with Crippen molar-refractivity contribution in [1.29, 1.82) is 5.26 Å². The van der Waals surface area contributed by atoms with E-state index in [0.717, 1.165) is 18.4 Å². The molecule has 0 heterocycles. The zero-order valence-corrected chi connectivity index (χ0v) is 17.8. The summed E-state index contributed by atoms with van der Waals surface area (Å²) in [4.78, 5) is 12.5. The Hall–Kier alpha value is -3.55. The third kappa shape index (κ3) is 7.02. The van der Waals surface area contributed by atoms with Crippen LogP contribution in [0.1, 0.15) is 23.1 Å². The van der Waals surface area contributed by atoms with Crippen molar-refractivity contribution in [3.63, 3.8) is 0 Å². The standard InChI is InChI=1S/C26H23ClN2O2/c27-24-14-12-21(13-15-24)19-31-25-11-5-4-10-22(25)17-23(18-28)26(30)29-16-6-9-20-7-2-1-3-8-20/h1-5,7-8,10-15,17H,6,9,16,19H2,(H,29,30)/b23-17-. The summed E-state index contributed by atoms with van der Waals surface area (Å²) < 4.78 is 5.91. The lowest BCUT2D eigenvalue weighted by atomic mass is 10.1. The van der Waals surface area contributed by atoms with Crippen LogP contribution in [-0.4, -0.2) is 12.5 Å². The minimum absolute atomic E-state index is 0.0438. The Balaban J connectivity index is 1.59. The smallest absolute Gasteiger partial charge is 0.261 e. The highest BCUT2D eigenvalue weighted by Crippen LogP contribution is 2.22. The van der Waals surface area contributed by atoms with Gasteiger partial charge in [-0.2, -0.15) is 5.26 Å². The summed E-state index contributed by atoms with van der Waals surface area (Å²) in [5, 5.41) is 13.0. The van der Waals surface area contributed by atoms with Crippen molar-refractivity contribution in [2.24, 2.45) is 0 Å². The van der Waals surface area contributed by atoms with Gasteiger partial charge in [0, 0.05) is 17.1 Å². The van der Waals surface area contributed by atoms with E-state index in [0.29, 0.717) is 29.5 Å². The fourth-order valence-electron chi connectivity index (χ4n) is 3.01. The number of nitrogens with one attached hydrogen (secondary N) is 1. The molecular formula is C26H23ClN2O2. The first kappa shape index (κ1) is 22.1. The lowest BCUT2D eigenvalue weighted by Gasteiger charge is -2.10. The van der Waals surface area contributed by atoms with Gasteiger partial charge >= 0.3 is 0 Å². The molecule has 3 aromatic carbocycles. The molecule has 0 saturated heterocycles. The molecule has 1 amide bonds. The fourth-order valence-corrected chi connectivity index (χ4v) is 3.14. The maximum absolute atomic E-state index is 12.5. The molecule has 0 unspecified atom stereocenters. The monoisotopic (exact) mass is 430 g/mol. The number of hydrogen-bond acceptors (Lipinski definition) is 3. The SMILES string of the molecule is N#C/C(=C/c1ccccc1OCc1ccc(Cl)cc1)C(=O)NCCCc1ccccc1. The van der Waals surface area contributed by atoms with E-state index >= 15 is 0 Å². The number of amides is 1. The van der Waals surface area contributed by atoms with Gasteiger partial charge in [0.1, 0.15) is 24.0 Å². The Labute approximate surface area is 187 Å². The number of rotatable bonds is 9. The molecule has 0 bridgehead atoms. The van der Waals surface area contributed by atoms with Crippen LogP contribution in [0.4, 0.5) is 0 Å². The van der Waals surface area contributed by atoms with Gasteiger partial charge in [-0.15, -0.1) is 0 Å². The summed E-state index contributed by atoms with van der Waals surface area (Å²) in [5.41, 5.74) is 2.91. The second kappa shape index (κ2) is 11.6. The Morgan fingerprint density at radius 2 is 1.68 bits per heavy atom. The highest BCUT2D eigenvalue weighted by molar-refractivity contribution is 6.30. The average molecular weight is 431 g/mol. The predicted molar refractivity (Wildman–Crippen MR) is 124 cm³/mol. The zero-order chi connectivity index (χ0) is 21.9. The van der Waals surface area contributed by atoms with Gasteiger partial charge in [-0.05, 0) is 48.2 Å². The first-order valence-corrected chi connectivity index (χ1v) is 10.4. The fraction of sp³-hybridized carbons (Fsp3) is 0.154. The van der Waals surface area contributed by atoms with Crippen molar-refractivity contribution in [3.8, 4) is 11.8 Å². The number of nitriles is 1. The summed E-state index contributed by atoms with van der Waals surface area (Å²) >= 11 is 5.92. The number of ether oxygens (including phenoxy) is 1. The molecule has 0 aliphatic rings. The average Bonchev–Trinajstić information content (AvgIpc) is 2.81. The van der Waals surface area contributed by atoms with Crippen LogP contribution in [0.25, 0.3) is 6.08 Å². The maximum Gasteiger partial charge on any atom is 0.261 e. The van der Waals surface area contributed by atoms with E-state index in [9.17, 15) is 10.1 Å². The number of para-hydroxylation sites is 1. The summed E-state index contributed by atoms with van der Waals surface area (Å²) in [7, 11) is 0. The number of hydrogen-bond donors (Lipinski definition) is 1. The number of benzene rings is 3. The van der Waals surface area contributed by atoms with Crippen molar-refractivity contribution >= 4 is 23.6 Å². The van der Waals surface area contributed by atoms with E-state index < -0.39 is 0 Å². The van der Waals surface area contributed by atoms with Gasteiger partial charge in [0.25, 0.3) is 5.91 Å². The maximum atomic E-state index is 12.5. The number of carbonyl (C=O) groups excluding carboxylic acids is 1. The molecule has 0 aromatic heterocycles. The molecule has 5 heteroatoms. The molecule has 1 N–H and O–H groups in total. The molecule has 4 nitrogen and oxygen atoms in total. The summed E-state index contributed by atoms with van der Waals surface area (Å²) in [6, 6.07) is 26.8. The van der Waals surface area contributed by atoms with Crippen molar-refractivity contribution in [2.75, 3.05) is 6.54 Å². The van der Waals surface area contributed by atoms with Crippen LogP contribution in [0, 0.1) is 11.3 Å². The molecular weight excluding hydrogens is 408 g/mol. The molecule has 3 aromatic rings. The van der Waals surface area contributed by atoms with E-state index in [1.807, 2.05) is 72.8 Å². The molecule has 156 valence electrons. The topological polar surface area (TPSA) is 62.1 Å². The van der Waals surface area contributed by atoms with Crippen LogP contribution < -0.4 is 10.1 Å². The second-order valence-corrected chi connectivity index (χ2v) is 7.40. The van der Waals surface area contributed by atoms with Gasteiger partial charge in [-0.3, -0.25) is 4.79 Å². The number of aryl methyl sites for hydroxylation is 1. The van der Waals surface area contributed by atoms with Gasteiger partial charge in [-0.25, -0.2) is 0 Å². The highest BCUT2D eigenvalue weighted by Gasteiger charge is 2.10. The molecule has 0 atom stereocenters. The Morgan fingerprint density at radius 1 is 0.968 bits per heavy atom. The molecule has 0 spiro atoms. The molecule has 31 heavy (non-hydrogen) atoms. The van der Waals surface area contributed by atoms with Gasteiger partial charge in [0.15, 0.2) is 0 Å². The van der Waals surface area contributed by atoms with E-state index in [-0.39, 0.29) is 11.5 Å². The van der Waals surface area contributed by atoms with E-state index in [1.54, 1.807) is 6.08 Å². The normalized spacial score (nSPS) is 10.9. The lowest BCUT2D eigenvalue weighted by molar-refractivity contribution is -0.117. The number of carbonyl (C=O) groups is 1. The third-order valence-corrected chi connectivity index (χ3v) is 4.91. The quantitative estimate of drug-likeness (QED) is 0.274. The molecule has 0 aliphatic carbocycles. The van der Waals surface area contributed by atoms with Crippen molar-refractivity contribution < 1.29 is 9.53 Å². The van der Waals surface area contributed by atoms with Crippen molar-refractivity contribution in [2.45, 2.75) is 19.4 Å². The molecule has 0 aliphatic heterocycles. The van der Waals surface area contributed by atoms with E-state index in [2.05, 4.69) is 17.4 Å². The van der Waals surface area contributed by atoms with Crippen molar-refractivity contribution in [1.82, 2.24) is 5.32 Å². The largest absolute Gasteiger partial charge is 0.488 e. The zero-order valence-electron chi connectivity index (χ0n) is 17.1. The van der Waals surface area contributed by atoms with Crippen LogP contribution in [0.5, 0.6) is 5.75 Å². The second-order valence-electron chi connectivity index (χ2n) is 6.97. The Kier molecular flexibility index (Phi) is 8.28. The minimum atomic E-state index is -0.386. The van der Waals surface area contributed by atoms with Crippen molar-refractivity contribution in [3.05, 3.63) is 106 Å². The van der Waals surface area contributed by atoms with Crippen LogP contribution >= 0.6 is 11.6 Å².